The Hall–Kier alpha value is -2.44. The molecule has 0 saturated carbocycles. The fourth-order valence-electron chi connectivity index (χ4n) is 2.61. The molecule has 4 nitrogen and oxygen atoms in total. The quantitative estimate of drug-likeness (QED) is 0.602. The average Bonchev–Trinajstić information content (AvgIpc) is 3.00. The molecule has 1 N–H and O–H groups in total. The van der Waals surface area contributed by atoms with Gasteiger partial charge in [-0.1, -0.05) is 35.9 Å². The van der Waals surface area contributed by atoms with Gasteiger partial charge in [0, 0.05) is 24.5 Å². The minimum atomic E-state index is -0.0838. The molecule has 0 radical (unpaired) electrons. The van der Waals surface area contributed by atoms with Gasteiger partial charge in [-0.25, -0.2) is 4.99 Å². The van der Waals surface area contributed by atoms with Crippen LogP contribution in [0.2, 0.25) is 0 Å². The predicted octanol–water partition coefficient (Wildman–Crippen LogP) is 1.91. The molecule has 1 amide bonds. The van der Waals surface area contributed by atoms with Crippen LogP contribution >= 0.6 is 11.3 Å². The highest BCUT2D eigenvalue weighted by Crippen LogP contribution is 2.22. The molecule has 1 heterocycles. The van der Waals surface area contributed by atoms with Crippen molar-refractivity contribution >= 4 is 28.6 Å². The van der Waals surface area contributed by atoms with Gasteiger partial charge in [-0.3, -0.25) is 4.79 Å². The molecule has 1 aromatic heterocycles. The van der Waals surface area contributed by atoms with Gasteiger partial charge < -0.3 is 26.9 Å². The molecule has 0 atom stereocenters. The van der Waals surface area contributed by atoms with Crippen LogP contribution < -0.4 is 27.1 Å². The van der Waals surface area contributed by atoms with Crippen molar-refractivity contribution < 1.29 is 21.8 Å². The molecule has 0 saturated heterocycles. The Morgan fingerprint density at radius 1 is 1.19 bits per heavy atom. The first-order valence-corrected chi connectivity index (χ1v) is 9.23. The maximum Gasteiger partial charge on any atom is 0.221 e. The molecule has 3 aromatic rings. The number of anilines is 1. The van der Waals surface area contributed by atoms with E-state index in [0.717, 1.165) is 27.4 Å². The molecule has 6 heteroatoms. The molecule has 0 aliphatic carbocycles. The Bertz CT molecular complexity index is 986. The van der Waals surface area contributed by atoms with Crippen molar-refractivity contribution in [3.8, 4) is 11.3 Å². The molecule has 0 spiro atoms. The maximum atomic E-state index is 11.1. The number of allylic oxidation sites excluding steroid dienone is 1. The van der Waals surface area contributed by atoms with E-state index in [2.05, 4.69) is 53.0 Å². The lowest BCUT2D eigenvalue weighted by molar-refractivity contribution is -0.114. The highest BCUT2D eigenvalue weighted by molar-refractivity contribution is 7.07. The van der Waals surface area contributed by atoms with Crippen molar-refractivity contribution in [1.82, 2.24) is 4.57 Å². The number of aryl methyl sites for hydroxylation is 1. The van der Waals surface area contributed by atoms with Crippen LogP contribution in [0.25, 0.3) is 11.3 Å². The van der Waals surface area contributed by atoms with Crippen molar-refractivity contribution in [2.75, 3.05) is 5.32 Å². The lowest BCUT2D eigenvalue weighted by Gasteiger charge is -2.07. The molecule has 0 bridgehead atoms. The number of halogens is 1. The van der Waals surface area contributed by atoms with E-state index >= 15 is 0 Å². The first-order valence-electron chi connectivity index (χ1n) is 8.35. The Morgan fingerprint density at radius 3 is 2.44 bits per heavy atom. The van der Waals surface area contributed by atoms with Gasteiger partial charge in [0.2, 0.25) is 5.91 Å². The lowest BCUT2D eigenvalue weighted by Crippen LogP contribution is -3.00. The molecule has 0 unspecified atom stereocenters. The number of rotatable bonds is 5. The van der Waals surface area contributed by atoms with Gasteiger partial charge in [0.15, 0.2) is 4.80 Å². The summed E-state index contributed by atoms with van der Waals surface area (Å²) >= 11 is 1.60. The molecule has 0 aliphatic rings. The Morgan fingerprint density at radius 2 is 1.85 bits per heavy atom. The van der Waals surface area contributed by atoms with E-state index in [1.807, 2.05) is 30.3 Å². The van der Waals surface area contributed by atoms with Crippen LogP contribution in [-0.2, 0) is 11.3 Å². The third kappa shape index (κ3) is 5.28. The molecular formula is C21H21BrN3OS-. The van der Waals surface area contributed by atoms with Crippen molar-refractivity contribution in [2.45, 2.75) is 20.4 Å². The molecule has 140 valence electrons. The van der Waals surface area contributed by atoms with Crippen molar-refractivity contribution in [3.05, 3.63) is 76.9 Å². The fraction of sp³-hybridized carbons (Fsp3) is 0.143. The molecule has 2 aromatic carbocycles. The summed E-state index contributed by atoms with van der Waals surface area (Å²) in [6, 6.07) is 16.0. The first-order chi connectivity index (χ1) is 12.6. The third-order valence-corrected chi connectivity index (χ3v) is 4.73. The van der Waals surface area contributed by atoms with Crippen LogP contribution in [0.5, 0.6) is 0 Å². The maximum absolute atomic E-state index is 11.1. The predicted molar refractivity (Wildman–Crippen MR) is 109 cm³/mol. The van der Waals surface area contributed by atoms with Crippen molar-refractivity contribution in [1.29, 1.82) is 0 Å². The summed E-state index contributed by atoms with van der Waals surface area (Å²) in [7, 11) is 0. The fourth-order valence-corrected chi connectivity index (χ4v) is 3.55. The largest absolute Gasteiger partial charge is 1.00 e. The van der Waals surface area contributed by atoms with Gasteiger partial charge in [0.1, 0.15) is 0 Å². The second-order valence-electron chi connectivity index (χ2n) is 6.01. The summed E-state index contributed by atoms with van der Waals surface area (Å²) in [4.78, 5) is 16.8. The van der Waals surface area contributed by atoms with Crippen LogP contribution in [-0.4, -0.2) is 10.5 Å². The Labute approximate surface area is 173 Å². The third-order valence-electron chi connectivity index (χ3n) is 3.87. The van der Waals surface area contributed by atoms with E-state index in [1.165, 1.54) is 12.5 Å². The first kappa shape index (κ1) is 20.9. The number of nitrogens with one attached hydrogen (secondary N) is 1. The molecular weight excluding hydrogens is 422 g/mol. The molecule has 27 heavy (non-hydrogen) atoms. The summed E-state index contributed by atoms with van der Waals surface area (Å²) in [5.74, 6) is -0.0838. The lowest BCUT2D eigenvalue weighted by atomic mass is 10.1. The van der Waals surface area contributed by atoms with Gasteiger partial charge in [0.05, 0.1) is 11.4 Å². The van der Waals surface area contributed by atoms with E-state index in [0.29, 0.717) is 6.54 Å². The Balaban J connectivity index is 0.00000261. The van der Waals surface area contributed by atoms with Gasteiger partial charge in [-0.2, -0.15) is 0 Å². The molecule has 3 rings (SSSR count). The van der Waals surface area contributed by atoms with Crippen LogP contribution in [0.15, 0.2) is 71.6 Å². The summed E-state index contributed by atoms with van der Waals surface area (Å²) in [6.07, 6.45) is 1.88. The highest BCUT2D eigenvalue weighted by atomic mass is 79.9. The van der Waals surface area contributed by atoms with Gasteiger partial charge in [-0.05, 0) is 36.8 Å². The van der Waals surface area contributed by atoms with E-state index in [1.54, 1.807) is 11.3 Å². The van der Waals surface area contributed by atoms with Crippen LogP contribution in [0.4, 0.5) is 11.4 Å². The van der Waals surface area contributed by atoms with Crippen LogP contribution in [0, 0.1) is 6.92 Å². The topological polar surface area (TPSA) is 46.4 Å². The second kappa shape index (κ2) is 9.48. The van der Waals surface area contributed by atoms with Crippen LogP contribution in [0.1, 0.15) is 12.5 Å². The summed E-state index contributed by atoms with van der Waals surface area (Å²) in [5, 5.41) is 4.88. The minimum Gasteiger partial charge on any atom is -1.00 e. The number of nitrogens with zero attached hydrogens (tertiary/aromatic N) is 2. The van der Waals surface area contributed by atoms with E-state index < -0.39 is 0 Å². The summed E-state index contributed by atoms with van der Waals surface area (Å²) in [6.45, 7) is 8.14. The number of carbonyl (C=O) groups is 1. The van der Waals surface area contributed by atoms with Gasteiger partial charge in [0.25, 0.3) is 0 Å². The number of hydrogen-bond donors (Lipinski definition) is 1. The van der Waals surface area contributed by atoms with E-state index in [4.69, 9.17) is 4.99 Å². The van der Waals surface area contributed by atoms with E-state index in [9.17, 15) is 4.79 Å². The Kier molecular flexibility index (Phi) is 7.33. The molecule has 0 aliphatic heterocycles. The normalized spacial score (nSPS) is 11.0. The smallest absolute Gasteiger partial charge is 0.221 e. The number of thiazole rings is 1. The zero-order valence-corrected chi connectivity index (χ0v) is 17.7. The average molecular weight is 443 g/mol. The van der Waals surface area contributed by atoms with Crippen LogP contribution in [0.3, 0.4) is 0 Å². The number of aromatic nitrogens is 1. The molecule has 0 fully saturated rings. The highest BCUT2D eigenvalue weighted by Gasteiger charge is 2.07. The van der Waals surface area contributed by atoms with Crippen molar-refractivity contribution in [3.63, 3.8) is 0 Å². The van der Waals surface area contributed by atoms with Gasteiger partial charge in [-0.15, -0.1) is 17.9 Å². The van der Waals surface area contributed by atoms with Gasteiger partial charge >= 0.3 is 0 Å². The van der Waals surface area contributed by atoms with Crippen molar-refractivity contribution in [2.24, 2.45) is 4.99 Å². The number of hydrogen-bond acceptors (Lipinski definition) is 3. The second-order valence-corrected chi connectivity index (χ2v) is 6.85. The summed E-state index contributed by atoms with van der Waals surface area (Å²) in [5.41, 5.74) is 5.14. The zero-order chi connectivity index (χ0) is 18.5. The monoisotopic (exact) mass is 442 g/mol. The SMILES string of the molecule is C=CCn1c(-c2ccc(C)cc2)csc1=Nc1ccc(NC(C)=O)cc1.[Br-]. The number of carbonyl (C=O) groups excluding carboxylic acids is 1. The minimum absolute atomic E-state index is 0. The van der Waals surface area contributed by atoms with E-state index in [-0.39, 0.29) is 22.9 Å². The number of benzene rings is 2. The summed E-state index contributed by atoms with van der Waals surface area (Å²) < 4.78 is 2.16. The number of amides is 1. The zero-order valence-electron chi connectivity index (χ0n) is 15.3. The standard InChI is InChI=1S/C21H21N3OS.BrH/c1-4-13-24-20(17-7-5-15(2)6-8-17)14-26-21(24)23-19-11-9-18(10-12-19)22-16(3)25;/h4-12,14H,1,13H2,2-3H3,(H,22,25);1H/p-1.